The minimum atomic E-state index is 0.324. The van der Waals surface area contributed by atoms with Crippen molar-refractivity contribution >= 4 is 0 Å². The maximum absolute atomic E-state index is 5.79. The summed E-state index contributed by atoms with van der Waals surface area (Å²) in [4.78, 5) is 2.48. The Morgan fingerprint density at radius 3 is 2.85 bits per heavy atom. The smallest absolute Gasteiger partial charge is 0.123 e. The van der Waals surface area contributed by atoms with Gasteiger partial charge in [0.05, 0.1) is 12.2 Å². The van der Waals surface area contributed by atoms with Crippen molar-refractivity contribution in [3.05, 3.63) is 29.3 Å². The van der Waals surface area contributed by atoms with E-state index in [-0.39, 0.29) is 0 Å². The molecule has 4 nitrogen and oxygen atoms in total. The van der Waals surface area contributed by atoms with Gasteiger partial charge in [-0.2, -0.15) is 0 Å². The van der Waals surface area contributed by atoms with Crippen LogP contribution in [0.15, 0.2) is 18.2 Å². The highest BCUT2D eigenvalue weighted by atomic mass is 16.5. The first-order valence-corrected chi connectivity index (χ1v) is 7.54. The quantitative estimate of drug-likeness (QED) is 0.893. The molecule has 2 atom stereocenters. The molecule has 1 fully saturated rings. The van der Waals surface area contributed by atoms with Crippen LogP contribution in [0.5, 0.6) is 5.75 Å². The topological polar surface area (TPSA) is 33.7 Å². The maximum Gasteiger partial charge on any atom is 0.123 e. The first-order chi connectivity index (χ1) is 9.70. The van der Waals surface area contributed by atoms with Crippen molar-refractivity contribution in [3.63, 3.8) is 0 Å². The molecule has 0 unspecified atom stereocenters. The molecule has 1 N–H and O–H groups in total. The van der Waals surface area contributed by atoms with E-state index in [0.717, 1.165) is 45.1 Å². The summed E-state index contributed by atoms with van der Waals surface area (Å²) in [5.41, 5.74) is 2.63. The molecule has 1 aromatic carbocycles. The van der Waals surface area contributed by atoms with Gasteiger partial charge < -0.3 is 14.8 Å². The van der Waals surface area contributed by atoms with Gasteiger partial charge in [-0.15, -0.1) is 0 Å². The van der Waals surface area contributed by atoms with E-state index in [1.807, 2.05) is 0 Å². The van der Waals surface area contributed by atoms with Crippen molar-refractivity contribution in [1.29, 1.82) is 0 Å². The number of hydrogen-bond donors (Lipinski definition) is 1. The minimum Gasteiger partial charge on any atom is -0.492 e. The molecule has 0 aromatic heterocycles. The minimum absolute atomic E-state index is 0.324. The third kappa shape index (κ3) is 3.32. The third-order valence-corrected chi connectivity index (χ3v) is 3.88. The van der Waals surface area contributed by atoms with Crippen LogP contribution in [0, 0.1) is 0 Å². The Morgan fingerprint density at radius 1 is 1.25 bits per heavy atom. The van der Waals surface area contributed by atoms with Crippen LogP contribution in [-0.4, -0.2) is 43.3 Å². The summed E-state index contributed by atoms with van der Waals surface area (Å²) >= 11 is 0. The van der Waals surface area contributed by atoms with Gasteiger partial charge in [-0.3, -0.25) is 4.90 Å². The van der Waals surface area contributed by atoms with E-state index in [1.165, 1.54) is 11.1 Å². The molecular weight excluding hydrogens is 252 g/mol. The Hall–Kier alpha value is -1.10. The molecule has 0 bridgehead atoms. The highest BCUT2D eigenvalue weighted by Crippen LogP contribution is 2.23. The van der Waals surface area contributed by atoms with Crippen LogP contribution in [0.25, 0.3) is 0 Å². The molecule has 1 saturated heterocycles. The number of rotatable bonds is 2. The molecule has 0 amide bonds. The van der Waals surface area contributed by atoms with Gasteiger partial charge in [-0.05, 0) is 31.5 Å². The van der Waals surface area contributed by atoms with E-state index in [9.17, 15) is 0 Å². The van der Waals surface area contributed by atoms with Crippen molar-refractivity contribution in [1.82, 2.24) is 10.2 Å². The van der Waals surface area contributed by atoms with Crippen LogP contribution in [-0.2, 0) is 17.8 Å². The van der Waals surface area contributed by atoms with Crippen molar-refractivity contribution < 1.29 is 9.47 Å². The molecule has 0 aliphatic carbocycles. The lowest BCUT2D eigenvalue weighted by Gasteiger charge is -2.35. The van der Waals surface area contributed by atoms with Crippen LogP contribution >= 0.6 is 0 Å². The van der Waals surface area contributed by atoms with Gasteiger partial charge >= 0.3 is 0 Å². The summed E-state index contributed by atoms with van der Waals surface area (Å²) < 4.78 is 11.5. The summed E-state index contributed by atoms with van der Waals surface area (Å²) in [5.74, 6) is 1.03. The van der Waals surface area contributed by atoms with Crippen LogP contribution in [0.3, 0.4) is 0 Å². The Balaban J connectivity index is 1.69. The number of nitrogens with zero attached hydrogens (tertiary/aromatic N) is 1. The fraction of sp³-hybridized carbons (Fsp3) is 0.625. The van der Waals surface area contributed by atoms with E-state index in [1.54, 1.807) is 0 Å². The molecule has 0 saturated carbocycles. The lowest BCUT2D eigenvalue weighted by Crippen LogP contribution is -2.44. The molecule has 2 aliphatic rings. The molecule has 3 rings (SSSR count). The highest BCUT2D eigenvalue weighted by molar-refractivity contribution is 5.37. The van der Waals surface area contributed by atoms with Crippen LogP contribution < -0.4 is 10.1 Å². The molecule has 1 aromatic rings. The van der Waals surface area contributed by atoms with Gasteiger partial charge in [0, 0.05) is 38.3 Å². The average molecular weight is 276 g/mol. The lowest BCUT2D eigenvalue weighted by molar-refractivity contribution is -0.0704. The normalized spacial score (nSPS) is 27.5. The van der Waals surface area contributed by atoms with E-state index in [0.29, 0.717) is 12.2 Å². The molecule has 20 heavy (non-hydrogen) atoms. The summed E-state index contributed by atoms with van der Waals surface area (Å²) in [6.45, 7) is 9.89. The Bertz CT molecular complexity index is 454. The zero-order chi connectivity index (χ0) is 13.9. The van der Waals surface area contributed by atoms with Crippen molar-refractivity contribution in [2.75, 3.05) is 26.2 Å². The van der Waals surface area contributed by atoms with E-state index in [2.05, 4.69) is 42.3 Å². The second-order valence-electron chi connectivity index (χ2n) is 5.92. The second kappa shape index (κ2) is 6.12. The standard InChI is InChI=1S/C16H24N2O2/c1-12-9-18(10-13(2)20-12)11-14-3-4-16-15(7-14)8-17-5-6-19-16/h3-4,7,12-13,17H,5-6,8-11H2,1-2H3/t12-,13+. The molecule has 110 valence electrons. The second-order valence-corrected chi connectivity index (χ2v) is 5.92. The van der Waals surface area contributed by atoms with Gasteiger partial charge in [0.2, 0.25) is 0 Å². The summed E-state index contributed by atoms with van der Waals surface area (Å²) in [7, 11) is 0. The fourth-order valence-corrected chi connectivity index (χ4v) is 3.14. The third-order valence-electron chi connectivity index (χ3n) is 3.88. The van der Waals surface area contributed by atoms with E-state index < -0.39 is 0 Å². The first kappa shape index (κ1) is 13.9. The largest absolute Gasteiger partial charge is 0.492 e. The zero-order valence-electron chi connectivity index (χ0n) is 12.4. The molecule has 4 heteroatoms. The van der Waals surface area contributed by atoms with Gasteiger partial charge in [-0.1, -0.05) is 6.07 Å². The average Bonchev–Trinajstić information content (AvgIpc) is 2.62. The van der Waals surface area contributed by atoms with Gasteiger partial charge in [0.25, 0.3) is 0 Å². The van der Waals surface area contributed by atoms with E-state index >= 15 is 0 Å². The zero-order valence-corrected chi connectivity index (χ0v) is 12.4. The maximum atomic E-state index is 5.79. The fourth-order valence-electron chi connectivity index (χ4n) is 3.14. The van der Waals surface area contributed by atoms with Gasteiger partial charge in [-0.25, -0.2) is 0 Å². The molecule has 2 heterocycles. The number of fused-ring (bicyclic) bond motifs is 1. The Morgan fingerprint density at radius 2 is 2.05 bits per heavy atom. The molecular formula is C16H24N2O2. The number of nitrogens with one attached hydrogen (secondary N) is 1. The highest BCUT2D eigenvalue weighted by Gasteiger charge is 2.22. The summed E-state index contributed by atoms with van der Waals surface area (Å²) in [5, 5.41) is 3.39. The summed E-state index contributed by atoms with van der Waals surface area (Å²) in [6, 6.07) is 6.58. The predicted molar refractivity (Wildman–Crippen MR) is 78.9 cm³/mol. The first-order valence-electron chi connectivity index (χ1n) is 7.54. The van der Waals surface area contributed by atoms with Crippen molar-refractivity contribution in [2.24, 2.45) is 0 Å². The summed E-state index contributed by atoms with van der Waals surface area (Å²) in [6.07, 6.45) is 0.647. The monoisotopic (exact) mass is 276 g/mol. The van der Waals surface area contributed by atoms with Crippen LogP contribution in [0.2, 0.25) is 0 Å². The Kier molecular flexibility index (Phi) is 4.24. The number of benzene rings is 1. The van der Waals surface area contributed by atoms with Crippen LogP contribution in [0.1, 0.15) is 25.0 Å². The Labute approximate surface area is 121 Å². The van der Waals surface area contributed by atoms with Crippen molar-refractivity contribution in [2.45, 2.75) is 39.1 Å². The SMILES string of the molecule is C[C@@H]1CN(Cc2ccc3c(c2)CNCCO3)C[C@H](C)O1. The molecule has 0 radical (unpaired) electrons. The number of hydrogen-bond acceptors (Lipinski definition) is 4. The van der Waals surface area contributed by atoms with E-state index in [4.69, 9.17) is 9.47 Å². The molecule has 2 aliphatic heterocycles. The number of morpholine rings is 1. The number of ether oxygens (including phenoxy) is 2. The van der Waals surface area contributed by atoms with Gasteiger partial charge in [0.15, 0.2) is 0 Å². The molecule has 0 spiro atoms. The van der Waals surface area contributed by atoms with Gasteiger partial charge in [0.1, 0.15) is 12.4 Å². The lowest BCUT2D eigenvalue weighted by atomic mass is 10.1. The van der Waals surface area contributed by atoms with Crippen molar-refractivity contribution in [3.8, 4) is 5.75 Å². The van der Waals surface area contributed by atoms with Crippen LogP contribution in [0.4, 0.5) is 0 Å². The predicted octanol–water partition coefficient (Wildman–Crippen LogP) is 1.78.